The van der Waals surface area contributed by atoms with Gasteiger partial charge in [-0.25, -0.2) is 4.79 Å². The van der Waals surface area contributed by atoms with Crippen molar-refractivity contribution in [3.05, 3.63) is 29.8 Å². The Morgan fingerprint density at radius 2 is 1.68 bits per heavy atom. The number of nitrogens with one attached hydrogen (secondary N) is 1. The Labute approximate surface area is 182 Å². The summed E-state index contributed by atoms with van der Waals surface area (Å²) in [5.74, 6) is 0.307. The van der Waals surface area contributed by atoms with Crippen LogP contribution in [0.5, 0.6) is 0 Å². The average molecular weight is 427 g/mol. The van der Waals surface area contributed by atoms with Crippen molar-refractivity contribution in [2.24, 2.45) is 0 Å². The molecule has 5 heterocycles. The van der Waals surface area contributed by atoms with Gasteiger partial charge in [0.2, 0.25) is 5.91 Å². The SMILES string of the molecule is O=C1COC2CCN(C(=O)N3CC(c4ccc(N5CC6CCC(C5)O6)cc4)C3)CC2N1. The molecule has 6 rings (SSSR count). The molecule has 0 spiro atoms. The summed E-state index contributed by atoms with van der Waals surface area (Å²) in [6.07, 6.45) is 3.96. The maximum atomic E-state index is 12.9. The van der Waals surface area contributed by atoms with E-state index in [1.54, 1.807) is 0 Å². The highest BCUT2D eigenvalue weighted by atomic mass is 16.5. The van der Waals surface area contributed by atoms with Gasteiger partial charge < -0.3 is 29.5 Å². The fraction of sp³-hybridized carbons (Fsp3) is 0.652. The van der Waals surface area contributed by atoms with Gasteiger partial charge >= 0.3 is 6.03 Å². The minimum atomic E-state index is -0.0901. The summed E-state index contributed by atoms with van der Waals surface area (Å²) < 4.78 is 11.5. The third-order valence-corrected chi connectivity index (χ3v) is 7.52. The monoisotopic (exact) mass is 426 g/mol. The molecule has 3 amide bonds. The Morgan fingerprint density at radius 1 is 0.935 bits per heavy atom. The zero-order valence-electron chi connectivity index (χ0n) is 17.7. The van der Waals surface area contributed by atoms with Gasteiger partial charge in [-0.2, -0.15) is 0 Å². The second-order valence-electron chi connectivity index (χ2n) is 9.60. The lowest BCUT2D eigenvalue weighted by atomic mass is 9.91. The molecule has 5 fully saturated rings. The molecule has 2 bridgehead atoms. The first-order valence-electron chi connectivity index (χ1n) is 11.6. The van der Waals surface area contributed by atoms with Crippen molar-refractivity contribution in [2.75, 3.05) is 50.8 Å². The van der Waals surface area contributed by atoms with Crippen molar-refractivity contribution in [2.45, 2.75) is 49.5 Å². The van der Waals surface area contributed by atoms with Gasteiger partial charge in [-0.1, -0.05) is 12.1 Å². The van der Waals surface area contributed by atoms with Crippen LogP contribution < -0.4 is 10.2 Å². The number of urea groups is 1. The van der Waals surface area contributed by atoms with Gasteiger partial charge in [0.1, 0.15) is 6.61 Å². The summed E-state index contributed by atoms with van der Waals surface area (Å²) in [4.78, 5) is 30.7. The van der Waals surface area contributed by atoms with E-state index in [9.17, 15) is 9.59 Å². The van der Waals surface area contributed by atoms with Crippen molar-refractivity contribution < 1.29 is 19.1 Å². The zero-order valence-corrected chi connectivity index (χ0v) is 17.7. The largest absolute Gasteiger partial charge is 0.371 e. The Bertz CT molecular complexity index is 844. The highest BCUT2D eigenvalue weighted by Gasteiger charge is 2.40. The predicted octanol–water partition coefficient (Wildman–Crippen LogP) is 1.16. The minimum Gasteiger partial charge on any atom is -0.371 e. The number of rotatable bonds is 2. The van der Waals surface area contributed by atoms with Gasteiger partial charge in [0.15, 0.2) is 0 Å². The number of hydrogen-bond acceptors (Lipinski definition) is 5. The van der Waals surface area contributed by atoms with E-state index in [1.165, 1.54) is 24.1 Å². The lowest BCUT2D eigenvalue weighted by Gasteiger charge is -2.46. The highest BCUT2D eigenvalue weighted by Crippen LogP contribution is 2.33. The molecule has 8 heteroatoms. The molecule has 8 nitrogen and oxygen atoms in total. The van der Waals surface area contributed by atoms with Crippen molar-refractivity contribution in [1.82, 2.24) is 15.1 Å². The third-order valence-electron chi connectivity index (χ3n) is 7.52. The van der Waals surface area contributed by atoms with Crippen LogP contribution in [0.25, 0.3) is 0 Å². The fourth-order valence-electron chi connectivity index (χ4n) is 5.70. The number of morpholine rings is 2. The van der Waals surface area contributed by atoms with Crippen LogP contribution in [0.3, 0.4) is 0 Å². The summed E-state index contributed by atoms with van der Waals surface area (Å²) in [5.41, 5.74) is 2.58. The first kappa shape index (κ1) is 19.4. The van der Waals surface area contributed by atoms with Gasteiger partial charge in [0.25, 0.3) is 0 Å². The van der Waals surface area contributed by atoms with E-state index >= 15 is 0 Å². The molecule has 0 radical (unpaired) electrons. The number of piperidine rings is 1. The van der Waals surface area contributed by atoms with Crippen LogP contribution in [0.15, 0.2) is 24.3 Å². The third kappa shape index (κ3) is 3.65. The van der Waals surface area contributed by atoms with Crippen molar-refractivity contribution >= 4 is 17.6 Å². The second-order valence-corrected chi connectivity index (χ2v) is 9.60. The van der Waals surface area contributed by atoms with Gasteiger partial charge in [-0.15, -0.1) is 0 Å². The van der Waals surface area contributed by atoms with Crippen LogP contribution in [-0.2, 0) is 14.3 Å². The lowest BCUT2D eigenvalue weighted by molar-refractivity contribution is -0.139. The molecule has 5 aliphatic rings. The number of nitrogens with zero attached hydrogens (tertiary/aromatic N) is 3. The molecule has 0 aromatic heterocycles. The summed E-state index contributed by atoms with van der Waals surface area (Å²) in [5, 5.41) is 2.97. The summed E-state index contributed by atoms with van der Waals surface area (Å²) in [6.45, 7) is 4.85. The molecular weight excluding hydrogens is 396 g/mol. The standard InChI is InChI=1S/C23H30N4O4/c28-22-14-30-21-7-8-25(13-20(21)24-22)23(29)27-9-16(10-27)15-1-3-17(4-2-15)26-11-18-5-6-19(12-26)31-18/h1-4,16,18-21H,5-14H2,(H,24,28). The van der Waals surface area contributed by atoms with Gasteiger partial charge in [-0.3, -0.25) is 4.79 Å². The Hall–Kier alpha value is -2.32. The topological polar surface area (TPSA) is 74.4 Å². The van der Waals surface area contributed by atoms with Gasteiger partial charge in [0.05, 0.1) is 24.4 Å². The van der Waals surface area contributed by atoms with Gasteiger partial charge in [-0.05, 0) is 37.0 Å². The number of amides is 3. The number of likely N-dealkylation sites (tertiary alicyclic amines) is 2. The van der Waals surface area contributed by atoms with Crippen molar-refractivity contribution in [3.8, 4) is 0 Å². The quantitative estimate of drug-likeness (QED) is 0.768. The average Bonchev–Trinajstić information content (AvgIpc) is 3.10. The fourth-order valence-corrected chi connectivity index (χ4v) is 5.70. The molecule has 0 aliphatic carbocycles. The van der Waals surface area contributed by atoms with Crippen molar-refractivity contribution in [3.63, 3.8) is 0 Å². The smallest absolute Gasteiger partial charge is 0.320 e. The summed E-state index contributed by atoms with van der Waals surface area (Å²) in [7, 11) is 0. The van der Waals surface area contributed by atoms with E-state index in [4.69, 9.17) is 9.47 Å². The van der Waals surface area contributed by atoms with Crippen LogP contribution in [0.4, 0.5) is 10.5 Å². The zero-order chi connectivity index (χ0) is 20.9. The Kier molecular flexibility index (Phi) is 4.79. The maximum absolute atomic E-state index is 12.9. The maximum Gasteiger partial charge on any atom is 0.320 e. The van der Waals surface area contributed by atoms with Crippen LogP contribution in [0, 0.1) is 0 Å². The molecule has 166 valence electrons. The molecule has 4 unspecified atom stereocenters. The Morgan fingerprint density at radius 3 is 2.42 bits per heavy atom. The summed E-state index contributed by atoms with van der Waals surface area (Å²) in [6, 6.07) is 8.88. The van der Waals surface area contributed by atoms with E-state index in [-0.39, 0.29) is 30.7 Å². The Balaban J connectivity index is 1.02. The van der Waals surface area contributed by atoms with E-state index in [0.717, 1.165) is 32.6 Å². The molecule has 31 heavy (non-hydrogen) atoms. The molecule has 1 aromatic carbocycles. The number of anilines is 1. The number of fused-ring (bicyclic) bond motifs is 3. The number of ether oxygens (including phenoxy) is 2. The first-order valence-corrected chi connectivity index (χ1v) is 11.6. The van der Waals surface area contributed by atoms with Crippen molar-refractivity contribution in [1.29, 1.82) is 0 Å². The molecule has 1 aromatic rings. The van der Waals surface area contributed by atoms with E-state index in [0.29, 0.717) is 31.2 Å². The molecule has 1 N–H and O–H groups in total. The normalized spacial score (nSPS) is 33.0. The first-order chi connectivity index (χ1) is 15.1. The highest BCUT2D eigenvalue weighted by molar-refractivity contribution is 5.79. The van der Waals surface area contributed by atoms with E-state index < -0.39 is 0 Å². The molecule has 5 saturated heterocycles. The number of carbonyl (C=O) groups is 2. The summed E-state index contributed by atoms with van der Waals surface area (Å²) >= 11 is 0. The number of hydrogen-bond donors (Lipinski definition) is 1. The van der Waals surface area contributed by atoms with Gasteiger partial charge in [0, 0.05) is 50.9 Å². The molecule has 0 saturated carbocycles. The molecule has 4 atom stereocenters. The van der Waals surface area contributed by atoms with Crippen LogP contribution in [0.1, 0.15) is 30.7 Å². The lowest BCUT2D eigenvalue weighted by Crippen LogP contribution is -2.63. The number of carbonyl (C=O) groups excluding carboxylic acids is 2. The molecular formula is C23H30N4O4. The number of benzene rings is 1. The van der Waals surface area contributed by atoms with Crippen LogP contribution >= 0.6 is 0 Å². The predicted molar refractivity (Wildman–Crippen MR) is 114 cm³/mol. The van der Waals surface area contributed by atoms with Crippen LogP contribution in [-0.4, -0.2) is 92.0 Å². The van der Waals surface area contributed by atoms with Crippen LogP contribution in [0.2, 0.25) is 0 Å². The second kappa shape index (κ2) is 7.67. The molecule has 5 aliphatic heterocycles. The van der Waals surface area contributed by atoms with E-state index in [1.807, 2.05) is 9.80 Å². The minimum absolute atomic E-state index is 0.0334. The van der Waals surface area contributed by atoms with E-state index in [2.05, 4.69) is 34.5 Å².